The average molecular weight is 431 g/mol. The van der Waals surface area contributed by atoms with Crippen molar-refractivity contribution in [1.82, 2.24) is 10.6 Å². The molecule has 126 valence electrons. The van der Waals surface area contributed by atoms with Crippen LogP contribution in [-0.4, -0.2) is 26.2 Å². The molecule has 0 aliphatic heterocycles. The van der Waals surface area contributed by atoms with Gasteiger partial charge < -0.3 is 15.4 Å². The van der Waals surface area contributed by atoms with Crippen LogP contribution in [0.25, 0.3) is 0 Å². The molecule has 0 bridgehead atoms. The molecule has 1 aliphatic rings. The van der Waals surface area contributed by atoms with Gasteiger partial charge >= 0.3 is 0 Å². The molecule has 0 radical (unpaired) electrons. The van der Waals surface area contributed by atoms with Crippen molar-refractivity contribution in [2.45, 2.75) is 25.8 Å². The van der Waals surface area contributed by atoms with Gasteiger partial charge in [0.2, 0.25) is 0 Å². The lowest BCUT2D eigenvalue weighted by atomic mass is 10.1. The van der Waals surface area contributed by atoms with Crippen molar-refractivity contribution in [3.8, 4) is 18.1 Å². The Balaban J connectivity index is 0.00000264. The molecule has 4 nitrogen and oxygen atoms in total. The van der Waals surface area contributed by atoms with Crippen molar-refractivity contribution < 1.29 is 9.13 Å². The predicted octanol–water partition coefficient (Wildman–Crippen LogP) is 3.09. The molecule has 6 heteroatoms. The normalized spacial score (nSPS) is 15.1. The highest BCUT2D eigenvalue weighted by Gasteiger charge is 2.22. The summed E-state index contributed by atoms with van der Waals surface area (Å²) >= 11 is 0. The van der Waals surface area contributed by atoms with Gasteiger partial charge in [0.1, 0.15) is 0 Å². The van der Waals surface area contributed by atoms with E-state index in [4.69, 9.17) is 11.2 Å². The summed E-state index contributed by atoms with van der Waals surface area (Å²) in [4.78, 5) is 4.07. The highest BCUT2D eigenvalue weighted by molar-refractivity contribution is 14.0. The van der Waals surface area contributed by atoms with Gasteiger partial charge in [0.25, 0.3) is 0 Å². The lowest BCUT2D eigenvalue weighted by Crippen LogP contribution is -2.38. The number of benzene rings is 1. The van der Waals surface area contributed by atoms with Gasteiger partial charge in [-0.25, -0.2) is 4.39 Å². The van der Waals surface area contributed by atoms with Crippen LogP contribution < -0.4 is 15.4 Å². The third-order valence-electron chi connectivity index (χ3n) is 3.56. The van der Waals surface area contributed by atoms with Crippen molar-refractivity contribution in [2.24, 2.45) is 10.9 Å². The Morgan fingerprint density at radius 2 is 2.26 bits per heavy atom. The first-order chi connectivity index (χ1) is 10.6. The van der Waals surface area contributed by atoms with Crippen LogP contribution >= 0.6 is 24.0 Å². The zero-order valence-corrected chi connectivity index (χ0v) is 15.8. The number of rotatable bonds is 6. The van der Waals surface area contributed by atoms with Crippen molar-refractivity contribution in [2.75, 3.05) is 20.2 Å². The molecule has 2 rings (SSSR count). The summed E-state index contributed by atoms with van der Waals surface area (Å²) in [6.45, 7) is 2.92. The summed E-state index contributed by atoms with van der Waals surface area (Å²) in [5.74, 6) is 3.65. The van der Waals surface area contributed by atoms with E-state index in [-0.39, 0.29) is 35.8 Å². The number of terminal acetylenes is 1. The van der Waals surface area contributed by atoms with Gasteiger partial charge in [-0.1, -0.05) is 12.0 Å². The zero-order valence-electron chi connectivity index (χ0n) is 13.4. The molecule has 2 N–H and O–H groups in total. The maximum absolute atomic E-state index is 14.1. The first kappa shape index (κ1) is 19.6. The van der Waals surface area contributed by atoms with Gasteiger partial charge in [-0.3, -0.25) is 4.99 Å². The Morgan fingerprint density at radius 1 is 1.52 bits per heavy atom. The molecule has 1 aliphatic carbocycles. The third kappa shape index (κ3) is 6.26. The Labute approximate surface area is 154 Å². The summed E-state index contributed by atoms with van der Waals surface area (Å²) in [6.07, 6.45) is 7.58. The second-order valence-electron chi connectivity index (χ2n) is 5.44. The van der Waals surface area contributed by atoms with E-state index < -0.39 is 0 Å². The fourth-order valence-electron chi connectivity index (χ4n) is 2.01. The van der Waals surface area contributed by atoms with Crippen LogP contribution in [0.3, 0.4) is 0 Å². The molecule has 0 amide bonds. The minimum Gasteiger partial charge on any atom is -0.490 e. The van der Waals surface area contributed by atoms with Crippen LogP contribution in [0.1, 0.15) is 31.4 Å². The highest BCUT2D eigenvalue weighted by Crippen LogP contribution is 2.30. The van der Waals surface area contributed by atoms with E-state index >= 15 is 0 Å². The standard InChI is InChI=1S/C17H22FN3O.HI/c1-4-9-20-17(19-3)21-12(2)14-7-8-16(15(18)10-14)22-11-13-5-6-13;/h1,7-8,10,12-13H,5-6,9,11H2,2-3H3,(H2,19,20,21);1H. The van der Waals surface area contributed by atoms with Gasteiger partial charge in [0, 0.05) is 7.05 Å². The Morgan fingerprint density at radius 3 is 2.83 bits per heavy atom. The van der Waals surface area contributed by atoms with Gasteiger partial charge in [0.05, 0.1) is 19.2 Å². The van der Waals surface area contributed by atoms with Crippen molar-refractivity contribution >= 4 is 29.9 Å². The van der Waals surface area contributed by atoms with E-state index in [1.54, 1.807) is 13.1 Å². The van der Waals surface area contributed by atoms with Gasteiger partial charge in [-0.05, 0) is 43.4 Å². The maximum Gasteiger partial charge on any atom is 0.192 e. The molecule has 0 aromatic heterocycles. The first-order valence-electron chi connectivity index (χ1n) is 7.47. The lowest BCUT2D eigenvalue weighted by Gasteiger charge is -2.18. The number of guanidine groups is 1. The molecular weight excluding hydrogens is 408 g/mol. The van der Waals surface area contributed by atoms with Gasteiger partial charge in [0.15, 0.2) is 17.5 Å². The van der Waals surface area contributed by atoms with Crippen LogP contribution in [0, 0.1) is 24.1 Å². The van der Waals surface area contributed by atoms with E-state index in [1.807, 2.05) is 13.0 Å². The lowest BCUT2D eigenvalue weighted by molar-refractivity contribution is 0.285. The molecule has 0 saturated heterocycles. The van der Waals surface area contributed by atoms with Crippen LogP contribution in [-0.2, 0) is 0 Å². The summed E-state index contributed by atoms with van der Waals surface area (Å²) < 4.78 is 19.6. The minimum atomic E-state index is -0.335. The van der Waals surface area contributed by atoms with Crippen molar-refractivity contribution in [3.05, 3.63) is 29.6 Å². The number of nitrogens with zero attached hydrogens (tertiary/aromatic N) is 1. The molecular formula is C17H23FIN3O. The number of nitrogens with one attached hydrogen (secondary N) is 2. The molecule has 1 saturated carbocycles. The van der Waals surface area contributed by atoms with E-state index in [1.165, 1.54) is 18.9 Å². The smallest absolute Gasteiger partial charge is 0.192 e. The second-order valence-corrected chi connectivity index (χ2v) is 5.44. The van der Waals surface area contributed by atoms with Crippen LogP contribution in [0.2, 0.25) is 0 Å². The Bertz CT molecular complexity index is 582. The van der Waals surface area contributed by atoms with Gasteiger partial charge in [-0.15, -0.1) is 30.4 Å². The summed E-state index contributed by atoms with van der Waals surface area (Å²) in [7, 11) is 1.66. The maximum atomic E-state index is 14.1. The van der Waals surface area contributed by atoms with Gasteiger partial charge in [-0.2, -0.15) is 0 Å². The minimum absolute atomic E-state index is 0. The fraction of sp³-hybridized carbons (Fsp3) is 0.471. The Kier molecular flexibility index (Phi) is 8.17. The molecule has 1 fully saturated rings. The SMILES string of the molecule is C#CCNC(=NC)NC(C)c1ccc(OCC2CC2)c(F)c1.I. The molecule has 1 aromatic carbocycles. The molecule has 0 heterocycles. The van der Waals surface area contributed by atoms with Crippen LogP contribution in [0.15, 0.2) is 23.2 Å². The summed E-state index contributed by atoms with van der Waals surface area (Å²) in [5, 5.41) is 6.13. The van der Waals surface area contributed by atoms with E-state index in [0.717, 1.165) is 5.56 Å². The summed E-state index contributed by atoms with van der Waals surface area (Å²) in [5.41, 5.74) is 0.819. The number of hydrogen-bond acceptors (Lipinski definition) is 2. The quantitative estimate of drug-likeness (QED) is 0.315. The summed E-state index contributed by atoms with van der Waals surface area (Å²) in [6, 6.07) is 4.94. The average Bonchev–Trinajstić information content (AvgIpc) is 3.34. The van der Waals surface area contributed by atoms with Crippen molar-refractivity contribution in [1.29, 1.82) is 0 Å². The van der Waals surface area contributed by atoms with Crippen molar-refractivity contribution in [3.63, 3.8) is 0 Å². The highest BCUT2D eigenvalue weighted by atomic mass is 127. The molecule has 23 heavy (non-hydrogen) atoms. The monoisotopic (exact) mass is 431 g/mol. The number of hydrogen-bond donors (Lipinski definition) is 2. The predicted molar refractivity (Wildman–Crippen MR) is 102 cm³/mol. The molecule has 1 unspecified atom stereocenters. The Hall–Kier alpha value is -1.49. The molecule has 1 atom stereocenters. The van der Waals surface area contributed by atoms with Crippen LogP contribution in [0.4, 0.5) is 4.39 Å². The van der Waals surface area contributed by atoms with E-state index in [9.17, 15) is 4.39 Å². The first-order valence-corrected chi connectivity index (χ1v) is 7.47. The largest absolute Gasteiger partial charge is 0.490 e. The topological polar surface area (TPSA) is 45.7 Å². The van der Waals surface area contributed by atoms with Crippen LogP contribution in [0.5, 0.6) is 5.75 Å². The van der Waals surface area contributed by atoms with E-state index in [0.29, 0.717) is 30.8 Å². The van der Waals surface area contributed by atoms with E-state index in [2.05, 4.69) is 21.5 Å². The fourth-order valence-corrected chi connectivity index (χ4v) is 2.01. The third-order valence-corrected chi connectivity index (χ3v) is 3.56. The molecule has 1 aromatic rings. The number of aliphatic imine (C=N–C) groups is 1. The zero-order chi connectivity index (χ0) is 15.9. The molecule has 0 spiro atoms. The number of halogens is 2. The second kappa shape index (κ2) is 9.60. The number of ether oxygens (including phenoxy) is 1.